The maximum atomic E-state index is 13.7. The number of fused-ring (bicyclic) bond motifs is 3. The minimum absolute atomic E-state index is 0.0501. The quantitative estimate of drug-likeness (QED) is 0.706. The number of nitrogens with one attached hydrogen (secondary N) is 1. The fourth-order valence-electron chi connectivity index (χ4n) is 4.13. The first-order valence-electron chi connectivity index (χ1n) is 9.66. The van der Waals surface area contributed by atoms with Crippen LogP contribution in [0.4, 0.5) is 4.39 Å². The number of aryl methyl sites for hydroxylation is 1. The highest BCUT2D eigenvalue weighted by atomic mass is 19.1. The van der Waals surface area contributed by atoms with Crippen LogP contribution in [0, 0.1) is 11.7 Å². The maximum absolute atomic E-state index is 13.7. The third kappa shape index (κ3) is 3.48. The molecule has 1 aliphatic rings. The molecule has 1 unspecified atom stereocenters. The second-order valence-electron chi connectivity index (χ2n) is 7.76. The summed E-state index contributed by atoms with van der Waals surface area (Å²) in [5.74, 6) is -0.0817. The van der Waals surface area contributed by atoms with Crippen molar-refractivity contribution in [3.63, 3.8) is 0 Å². The van der Waals surface area contributed by atoms with Gasteiger partial charge in [-0.3, -0.25) is 4.79 Å². The van der Waals surface area contributed by atoms with E-state index in [1.807, 2.05) is 23.1 Å². The lowest BCUT2D eigenvalue weighted by Crippen LogP contribution is -2.42. The van der Waals surface area contributed by atoms with E-state index >= 15 is 0 Å². The molecule has 0 fully saturated rings. The molecule has 1 aliphatic carbocycles. The molecule has 1 heterocycles. The molecule has 0 radical (unpaired) electrons. The molecule has 4 heteroatoms. The summed E-state index contributed by atoms with van der Waals surface area (Å²) in [6, 6.07) is 15.1. The van der Waals surface area contributed by atoms with E-state index in [0.717, 1.165) is 40.6 Å². The van der Waals surface area contributed by atoms with Crippen LogP contribution in [0.15, 0.2) is 48.5 Å². The smallest absolute Gasteiger partial charge is 0.226 e. The number of hydrogen-bond donors (Lipinski definition) is 1. The molecule has 0 bridgehead atoms. The van der Waals surface area contributed by atoms with E-state index in [9.17, 15) is 9.18 Å². The van der Waals surface area contributed by atoms with Crippen LogP contribution in [-0.4, -0.2) is 21.8 Å². The van der Waals surface area contributed by atoms with E-state index in [0.29, 0.717) is 13.0 Å². The number of nitrogens with zero attached hydrogens (tertiary/aromatic N) is 1. The number of aromatic nitrogens is 1. The molecule has 140 valence electrons. The molecule has 3 nitrogen and oxygen atoms in total. The van der Waals surface area contributed by atoms with E-state index in [1.165, 1.54) is 6.07 Å². The summed E-state index contributed by atoms with van der Waals surface area (Å²) in [6.07, 6.45) is 2.34. The lowest BCUT2D eigenvalue weighted by atomic mass is 9.85. The van der Waals surface area contributed by atoms with E-state index in [2.05, 4.69) is 31.0 Å². The Labute approximate surface area is 159 Å². The van der Waals surface area contributed by atoms with Gasteiger partial charge in [-0.15, -0.1) is 0 Å². The second kappa shape index (κ2) is 7.18. The summed E-state index contributed by atoms with van der Waals surface area (Å²) in [5, 5.41) is 0.918. The lowest BCUT2D eigenvalue weighted by Gasteiger charge is -2.32. The summed E-state index contributed by atoms with van der Waals surface area (Å²) in [7, 11) is 0. The number of halogens is 1. The Morgan fingerprint density at radius 1 is 1.22 bits per heavy atom. The molecule has 1 amide bonds. The van der Waals surface area contributed by atoms with Crippen LogP contribution in [-0.2, 0) is 24.2 Å². The molecule has 3 aromatic rings. The van der Waals surface area contributed by atoms with Crippen LogP contribution in [0.5, 0.6) is 0 Å². The maximum Gasteiger partial charge on any atom is 0.226 e. The van der Waals surface area contributed by atoms with E-state index in [-0.39, 0.29) is 23.7 Å². The molecule has 27 heavy (non-hydrogen) atoms. The Morgan fingerprint density at radius 3 is 2.74 bits per heavy atom. The molecule has 1 aromatic heterocycles. The van der Waals surface area contributed by atoms with Crippen LogP contribution in [0.2, 0.25) is 0 Å². The summed E-state index contributed by atoms with van der Waals surface area (Å²) in [5.41, 5.74) is 4.36. The number of carbonyl (C=O) groups is 1. The largest absolute Gasteiger partial charge is 0.358 e. The molecule has 4 rings (SSSR count). The Balaban J connectivity index is 1.59. The summed E-state index contributed by atoms with van der Waals surface area (Å²) < 4.78 is 13.7. The molecule has 1 N–H and O–H groups in total. The summed E-state index contributed by atoms with van der Waals surface area (Å²) in [4.78, 5) is 18.7. The van der Waals surface area contributed by atoms with Gasteiger partial charge < -0.3 is 9.88 Å². The third-order valence-electron chi connectivity index (χ3n) is 5.60. The van der Waals surface area contributed by atoms with Crippen molar-refractivity contribution in [1.82, 2.24) is 9.88 Å². The second-order valence-corrected chi connectivity index (χ2v) is 7.76. The van der Waals surface area contributed by atoms with Crippen molar-refractivity contribution in [2.75, 3.05) is 0 Å². The van der Waals surface area contributed by atoms with Gasteiger partial charge in [-0.2, -0.15) is 0 Å². The first-order chi connectivity index (χ1) is 13.0. The first-order valence-corrected chi connectivity index (χ1v) is 9.66. The van der Waals surface area contributed by atoms with Gasteiger partial charge in [-0.05, 0) is 62.4 Å². The van der Waals surface area contributed by atoms with Gasteiger partial charge in [0.05, 0.1) is 0 Å². The third-order valence-corrected chi connectivity index (χ3v) is 5.60. The van der Waals surface area contributed by atoms with Crippen molar-refractivity contribution >= 4 is 16.8 Å². The average molecular weight is 364 g/mol. The van der Waals surface area contributed by atoms with Gasteiger partial charge >= 0.3 is 0 Å². The van der Waals surface area contributed by atoms with Crippen molar-refractivity contribution < 1.29 is 9.18 Å². The normalized spacial score (nSPS) is 16.5. The van der Waals surface area contributed by atoms with E-state index < -0.39 is 0 Å². The van der Waals surface area contributed by atoms with Gasteiger partial charge in [-0.25, -0.2) is 4.39 Å². The highest BCUT2D eigenvalue weighted by Crippen LogP contribution is 2.33. The number of aromatic amines is 1. The number of H-pyrrole nitrogens is 1. The Bertz CT molecular complexity index is 961. The highest BCUT2D eigenvalue weighted by Gasteiger charge is 2.31. The number of benzene rings is 2. The summed E-state index contributed by atoms with van der Waals surface area (Å²) >= 11 is 0. The predicted octanol–water partition coefficient (Wildman–Crippen LogP) is 4.85. The van der Waals surface area contributed by atoms with Crippen molar-refractivity contribution in [1.29, 1.82) is 0 Å². The molecule has 0 saturated carbocycles. The van der Waals surface area contributed by atoms with Crippen LogP contribution in [0.25, 0.3) is 10.9 Å². The van der Waals surface area contributed by atoms with Crippen molar-refractivity contribution in [2.24, 2.45) is 5.92 Å². The van der Waals surface area contributed by atoms with Gasteiger partial charge in [-0.1, -0.05) is 30.3 Å². The minimum Gasteiger partial charge on any atom is -0.358 e. The zero-order chi connectivity index (χ0) is 19.0. The first kappa shape index (κ1) is 17.8. The highest BCUT2D eigenvalue weighted by molar-refractivity contribution is 5.87. The van der Waals surface area contributed by atoms with E-state index in [1.54, 1.807) is 12.1 Å². The SMILES string of the molecule is CC(C)N(Cc1ccccc1)C(=O)C1CCc2[nH]c3ccc(F)cc3c2C1. The number of carbonyl (C=O) groups excluding carboxylic acids is 1. The number of amides is 1. The molecular formula is C23H25FN2O. The van der Waals surface area contributed by atoms with Crippen LogP contribution in [0.3, 0.4) is 0 Å². The Hall–Kier alpha value is -2.62. The molecule has 0 spiro atoms. The summed E-state index contributed by atoms with van der Waals surface area (Å²) in [6.45, 7) is 4.76. The lowest BCUT2D eigenvalue weighted by molar-refractivity contribution is -0.138. The van der Waals surface area contributed by atoms with Gasteiger partial charge in [0.1, 0.15) is 5.82 Å². The van der Waals surface area contributed by atoms with Crippen molar-refractivity contribution in [2.45, 2.75) is 45.7 Å². The van der Waals surface area contributed by atoms with Crippen molar-refractivity contribution in [3.8, 4) is 0 Å². The average Bonchev–Trinajstić information content (AvgIpc) is 3.03. The van der Waals surface area contributed by atoms with Crippen LogP contribution < -0.4 is 0 Å². The monoisotopic (exact) mass is 364 g/mol. The minimum atomic E-state index is -0.231. The molecular weight excluding hydrogens is 339 g/mol. The molecule has 0 aliphatic heterocycles. The molecule has 2 aromatic carbocycles. The topological polar surface area (TPSA) is 36.1 Å². The zero-order valence-electron chi connectivity index (χ0n) is 15.8. The number of hydrogen-bond acceptors (Lipinski definition) is 1. The molecule has 1 atom stereocenters. The Morgan fingerprint density at radius 2 is 2.00 bits per heavy atom. The Kier molecular flexibility index (Phi) is 4.73. The standard InChI is InChI=1S/C23H25FN2O/c1-15(2)26(14-16-6-4-3-5-7-16)23(27)17-8-10-21-19(12-17)20-13-18(24)9-11-22(20)25-21/h3-7,9,11,13,15,17,25H,8,10,12,14H2,1-2H3. The van der Waals surface area contributed by atoms with Crippen molar-refractivity contribution in [3.05, 3.63) is 71.2 Å². The fraction of sp³-hybridized carbons (Fsp3) is 0.348. The van der Waals surface area contributed by atoms with Gasteiger partial charge in [0, 0.05) is 35.1 Å². The predicted molar refractivity (Wildman–Crippen MR) is 106 cm³/mol. The van der Waals surface area contributed by atoms with Crippen LogP contribution in [0.1, 0.15) is 37.1 Å². The van der Waals surface area contributed by atoms with E-state index in [4.69, 9.17) is 0 Å². The van der Waals surface area contributed by atoms with Gasteiger partial charge in [0.2, 0.25) is 5.91 Å². The molecule has 0 saturated heterocycles. The fourth-order valence-corrected chi connectivity index (χ4v) is 4.13. The van der Waals surface area contributed by atoms with Gasteiger partial charge in [0.15, 0.2) is 0 Å². The number of rotatable bonds is 4. The zero-order valence-corrected chi connectivity index (χ0v) is 15.8. The van der Waals surface area contributed by atoms with Crippen LogP contribution >= 0.6 is 0 Å². The van der Waals surface area contributed by atoms with Gasteiger partial charge in [0.25, 0.3) is 0 Å².